The third-order valence-corrected chi connectivity index (χ3v) is 3.69. The third kappa shape index (κ3) is 8.08. The molecule has 3 amide bonds. The van der Waals surface area contributed by atoms with Crippen LogP contribution >= 0.6 is 0 Å². The summed E-state index contributed by atoms with van der Waals surface area (Å²) in [6.45, 7) is 12.3. The van der Waals surface area contributed by atoms with Crippen LogP contribution in [0.3, 0.4) is 0 Å². The van der Waals surface area contributed by atoms with Gasteiger partial charge in [0.15, 0.2) is 0 Å². The molecule has 0 saturated heterocycles. The van der Waals surface area contributed by atoms with Crippen LogP contribution in [0.1, 0.15) is 34.6 Å². The number of hydrogen-bond acceptors (Lipinski definition) is 4. The van der Waals surface area contributed by atoms with E-state index in [4.69, 9.17) is 4.74 Å². The summed E-state index contributed by atoms with van der Waals surface area (Å²) in [6, 6.07) is 5.60. The van der Waals surface area contributed by atoms with Crippen molar-refractivity contribution in [2.75, 3.05) is 17.2 Å². The molecule has 0 fully saturated rings. The highest BCUT2D eigenvalue weighted by Crippen LogP contribution is 2.23. The Morgan fingerprint density at radius 2 is 1.76 bits per heavy atom. The van der Waals surface area contributed by atoms with Crippen LogP contribution in [0.4, 0.5) is 21.0 Å². The van der Waals surface area contributed by atoms with E-state index in [1.54, 1.807) is 64.1 Å². The van der Waals surface area contributed by atoms with Gasteiger partial charge in [0.25, 0.3) is 0 Å². The summed E-state index contributed by atoms with van der Waals surface area (Å²) in [6.07, 6.45) is 1.52. The van der Waals surface area contributed by atoms with Crippen LogP contribution in [0.2, 0.25) is 0 Å². The fourth-order valence-corrected chi connectivity index (χ4v) is 2.37. The lowest BCUT2D eigenvalue weighted by molar-refractivity contribution is -0.120. The third-order valence-electron chi connectivity index (χ3n) is 3.69. The Morgan fingerprint density at radius 3 is 2.24 bits per heavy atom. The maximum Gasteiger partial charge on any atom is 0.412 e. The van der Waals surface area contributed by atoms with Crippen molar-refractivity contribution < 1.29 is 24.2 Å². The minimum absolute atomic E-state index is 0.00787. The number of hydrogen-bond donors (Lipinski definition) is 3. The van der Waals surface area contributed by atoms with Gasteiger partial charge in [-0.1, -0.05) is 30.9 Å². The number of nitrogens with zero attached hydrogens (tertiary/aromatic N) is 1. The van der Waals surface area contributed by atoms with Crippen LogP contribution in [0.15, 0.2) is 48.6 Å². The van der Waals surface area contributed by atoms with Crippen molar-refractivity contribution in [1.82, 2.24) is 4.90 Å². The Labute approximate surface area is 171 Å². The smallest absolute Gasteiger partial charge is 0.412 e. The molecule has 1 rings (SSSR count). The number of carboxylic acid groups (broad SMARTS) is 1. The van der Waals surface area contributed by atoms with Crippen molar-refractivity contribution in [3.63, 3.8) is 0 Å². The second-order valence-corrected chi connectivity index (χ2v) is 7.41. The highest BCUT2D eigenvalue weighted by molar-refractivity contribution is 6.00. The molecule has 0 aliphatic rings. The van der Waals surface area contributed by atoms with Gasteiger partial charge in [-0.3, -0.25) is 15.0 Å². The van der Waals surface area contributed by atoms with Gasteiger partial charge in [0.05, 0.1) is 11.4 Å². The number of allylic oxidation sites excluding steroid dienone is 1. The minimum Gasteiger partial charge on any atom is -0.465 e. The molecule has 1 aromatic rings. The average molecular weight is 403 g/mol. The Hall–Kier alpha value is -3.29. The van der Waals surface area contributed by atoms with E-state index in [1.165, 1.54) is 6.92 Å². The number of rotatable bonds is 7. The van der Waals surface area contributed by atoms with Crippen LogP contribution in [0.25, 0.3) is 0 Å². The Bertz CT molecular complexity index is 796. The fraction of sp³-hybridized carbons (Fsp3) is 0.381. The molecular formula is C21H29N3O5. The molecule has 1 unspecified atom stereocenters. The number of carbonyl (C=O) groups is 3. The monoisotopic (exact) mass is 403 g/mol. The minimum atomic E-state index is -1.24. The van der Waals surface area contributed by atoms with E-state index >= 15 is 0 Å². The van der Waals surface area contributed by atoms with Gasteiger partial charge in [-0.2, -0.15) is 0 Å². The highest BCUT2D eigenvalue weighted by Gasteiger charge is 2.26. The molecule has 0 radical (unpaired) electrons. The van der Waals surface area contributed by atoms with E-state index < -0.39 is 29.7 Å². The first-order valence-corrected chi connectivity index (χ1v) is 9.14. The van der Waals surface area contributed by atoms with Crippen LogP contribution in [-0.2, 0) is 9.53 Å². The summed E-state index contributed by atoms with van der Waals surface area (Å²) in [5, 5.41) is 14.7. The molecule has 0 saturated carbocycles. The van der Waals surface area contributed by atoms with Crippen LogP contribution in [-0.4, -0.2) is 46.3 Å². The Balaban J connectivity index is 2.93. The molecule has 0 aromatic heterocycles. The maximum atomic E-state index is 12.7. The van der Waals surface area contributed by atoms with Gasteiger partial charge in [0.2, 0.25) is 5.91 Å². The predicted molar refractivity (Wildman–Crippen MR) is 113 cm³/mol. The number of ether oxygens (including phenoxy) is 1. The standard InChI is InChI=1S/C21H29N3O5/c1-7-10-14(2)13-24(20(27)28)15(3)18(25)22-16-11-8-9-12-17(16)23-19(26)29-21(4,5)6/h7-12,15H,2,13H2,1,3-6H3,(H,22,25)(H,23,26)(H,27,28)/b10-7-. The van der Waals surface area contributed by atoms with Gasteiger partial charge in [-0.05, 0) is 52.3 Å². The molecule has 0 aliphatic carbocycles. The van der Waals surface area contributed by atoms with E-state index in [9.17, 15) is 19.5 Å². The average Bonchev–Trinajstić information content (AvgIpc) is 2.59. The molecular weight excluding hydrogens is 374 g/mol. The molecule has 8 heteroatoms. The van der Waals surface area contributed by atoms with Crippen molar-refractivity contribution in [2.45, 2.75) is 46.3 Å². The highest BCUT2D eigenvalue weighted by atomic mass is 16.6. The number of para-hydroxylation sites is 2. The van der Waals surface area contributed by atoms with Gasteiger partial charge in [0, 0.05) is 6.54 Å². The SMILES string of the molecule is C=C(/C=C\C)CN(C(=O)O)C(C)C(=O)Nc1ccccc1NC(=O)OC(C)(C)C. The molecule has 29 heavy (non-hydrogen) atoms. The topological polar surface area (TPSA) is 108 Å². The second-order valence-electron chi connectivity index (χ2n) is 7.41. The van der Waals surface area contributed by atoms with Crippen molar-refractivity contribution in [2.24, 2.45) is 0 Å². The zero-order valence-corrected chi connectivity index (χ0v) is 17.5. The molecule has 0 aliphatic heterocycles. The molecule has 1 atom stereocenters. The molecule has 158 valence electrons. The molecule has 0 heterocycles. The lowest BCUT2D eigenvalue weighted by Gasteiger charge is -2.26. The first-order chi connectivity index (χ1) is 13.4. The summed E-state index contributed by atoms with van der Waals surface area (Å²) in [7, 11) is 0. The molecule has 1 aromatic carbocycles. The fourth-order valence-electron chi connectivity index (χ4n) is 2.37. The van der Waals surface area contributed by atoms with E-state index in [-0.39, 0.29) is 6.54 Å². The lowest BCUT2D eigenvalue weighted by atomic mass is 10.2. The Kier molecular flexibility index (Phi) is 8.44. The van der Waals surface area contributed by atoms with E-state index in [2.05, 4.69) is 17.2 Å². The first kappa shape index (κ1) is 23.7. The van der Waals surface area contributed by atoms with E-state index in [1.807, 2.05) is 0 Å². The first-order valence-electron chi connectivity index (χ1n) is 9.14. The largest absolute Gasteiger partial charge is 0.465 e. The van der Waals surface area contributed by atoms with E-state index in [0.29, 0.717) is 16.9 Å². The molecule has 3 N–H and O–H groups in total. The van der Waals surface area contributed by atoms with Crippen LogP contribution in [0, 0.1) is 0 Å². The summed E-state index contributed by atoms with van der Waals surface area (Å²) in [5.74, 6) is -0.542. The molecule has 0 bridgehead atoms. The number of carbonyl (C=O) groups excluding carboxylic acids is 2. The lowest BCUT2D eigenvalue weighted by Crippen LogP contribution is -2.45. The van der Waals surface area contributed by atoms with E-state index in [0.717, 1.165) is 4.90 Å². The maximum absolute atomic E-state index is 12.7. The van der Waals surface area contributed by atoms with Gasteiger partial charge in [-0.15, -0.1) is 0 Å². The zero-order valence-electron chi connectivity index (χ0n) is 17.5. The summed E-state index contributed by atoms with van der Waals surface area (Å²) < 4.78 is 5.22. The van der Waals surface area contributed by atoms with Crippen molar-refractivity contribution in [3.8, 4) is 0 Å². The van der Waals surface area contributed by atoms with Crippen molar-refractivity contribution >= 4 is 29.5 Å². The normalized spacial score (nSPS) is 12.2. The zero-order chi connectivity index (χ0) is 22.2. The van der Waals surface area contributed by atoms with Gasteiger partial charge < -0.3 is 15.2 Å². The number of benzene rings is 1. The molecule has 8 nitrogen and oxygen atoms in total. The summed E-state index contributed by atoms with van der Waals surface area (Å²) in [4.78, 5) is 37.3. The second kappa shape index (κ2) is 10.3. The summed E-state index contributed by atoms with van der Waals surface area (Å²) in [5.41, 5.74) is 0.547. The number of amides is 3. The van der Waals surface area contributed by atoms with Crippen molar-refractivity contribution in [3.05, 3.63) is 48.6 Å². The van der Waals surface area contributed by atoms with Gasteiger partial charge >= 0.3 is 12.2 Å². The Morgan fingerprint density at radius 1 is 1.21 bits per heavy atom. The number of nitrogens with one attached hydrogen (secondary N) is 2. The van der Waals surface area contributed by atoms with Gasteiger partial charge in [-0.25, -0.2) is 9.59 Å². The quantitative estimate of drug-likeness (QED) is 0.582. The predicted octanol–water partition coefficient (Wildman–Crippen LogP) is 4.47. The number of anilines is 2. The van der Waals surface area contributed by atoms with Crippen LogP contribution < -0.4 is 10.6 Å². The molecule has 0 spiro atoms. The summed E-state index contributed by atoms with van der Waals surface area (Å²) >= 11 is 0. The van der Waals surface area contributed by atoms with Crippen molar-refractivity contribution in [1.29, 1.82) is 0 Å². The van der Waals surface area contributed by atoms with Crippen LogP contribution in [0.5, 0.6) is 0 Å². The van der Waals surface area contributed by atoms with Gasteiger partial charge in [0.1, 0.15) is 11.6 Å².